The highest BCUT2D eigenvalue weighted by Gasteiger charge is 2.71. The van der Waals surface area contributed by atoms with Gasteiger partial charge in [-0.25, -0.2) is 0 Å². The Kier molecular flexibility index (Phi) is 9.04. The molecular formula is C46H46N4O6. The summed E-state index contributed by atoms with van der Waals surface area (Å²) in [4.78, 5) is 63.5. The van der Waals surface area contributed by atoms with Crippen molar-refractivity contribution >= 4 is 29.3 Å². The lowest BCUT2D eigenvalue weighted by molar-refractivity contribution is -0.144. The highest BCUT2D eigenvalue weighted by atomic mass is 16.5. The van der Waals surface area contributed by atoms with Crippen molar-refractivity contribution < 1.29 is 29.0 Å². The molecule has 4 aromatic rings. The molecule has 10 nitrogen and oxygen atoms in total. The Bertz CT molecular complexity index is 2220. The largest absolute Gasteiger partial charge is 0.508 e. The van der Waals surface area contributed by atoms with Crippen LogP contribution in [0.1, 0.15) is 53.9 Å². The summed E-state index contributed by atoms with van der Waals surface area (Å²) < 4.78 is 5.91. The highest BCUT2D eigenvalue weighted by Crippen LogP contribution is 2.66. The molecule has 4 aromatic carbocycles. The van der Waals surface area contributed by atoms with Crippen LogP contribution < -0.4 is 10.2 Å². The zero-order valence-electron chi connectivity index (χ0n) is 31.6. The number of benzene rings is 4. The van der Waals surface area contributed by atoms with Gasteiger partial charge in [-0.2, -0.15) is 5.01 Å². The fourth-order valence-electron chi connectivity index (χ4n) is 10.6. The SMILES string of the molecule is COc1cccc(O)c1C1C2=CCC3C(=O)N(C4CCN(Cc5ccccc5)CC4)C(=O)C3C2CC2C(=O)N(Nc3ccc(C)cc3)C(=O)C21c1ccccc1. The number of imide groups is 2. The van der Waals surface area contributed by atoms with Gasteiger partial charge < -0.3 is 9.84 Å². The molecule has 0 aromatic heterocycles. The molecule has 0 radical (unpaired) electrons. The van der Waals surface area contributed by atoms with Gasteiger partial charge in [0.25, 0.3) is 11.8 Å². The maximum atomic E-state index is 15.4. The number of rotatable bonds is 8. The smallest absolute Gasteiger partial charge is 0.260 e. The number of fused-ring (bicyclic) bond motifs is 4. The molecule has 56 heavy (non-hydrogen) atoms. The van der Waals surface area contributed by atoms with E-state index in [9.17, 15) is 19.5 Å². The van der Waals surface area contributed by atoms with Crippen molar-refractivity contribution in [3.05, 3.63) is 137 Å². The summed E-state index contributed by atoms with van der Waals surface area (Å²) in [5.74, 6) is -4.51. The quantitative estimate of drug-likeness (QED) is 0.158. The Morgan fingerprint density at radius 3 is 2.20 bits per heavy atom. The van der Waals surface area contributed by atoms with E-state index in [0.717, 1.165) is 35.8 Å². The molecule has 3 saturated heterocycles. The molecule has 10 heteroatoms. The van der Waals surface area contributed by atoms with Crippen molar-refractivity contribution in [3.8, 4) is 11.5 Å². The number of carbonyl (C=O) groups excluding carboxylic acids is 4. The van der Waals surface area contributed by atoms with Crippen LogP contribution in [0.3, 0.4) is 0 Å². The number of nitrogens with zero attached hydrogens (tertiary/aromatic N) is 3. The molecule has 9 rings (SSSR count). The second kappa shape index (κ2) is 14.1. The van der Waals surface area contributed by atoms with Crippen molar-refractivity contribution in [1.29, 1.82) is 0 Å². The first-order valence-corrected chi connectivity index (χ1v) is 19.7. The van der Waals surface area contributed by atoms with Gasteiger partial charge in [0.15, 0.2) is 0 Å². The fourth-order valence-corrected chi connectivity index (χ4v) is 10.6. The summed E-state index contributed by atoms with van der Waals surface area (Å²) in [5.41, 5.74) is 6.27. The number of hydrogen-bond acceptors (Lipinski definition) is 8. The molecule has 4 fully saturated rings. The van der Waals surface area contributed by atoms with Crippen LogP contribution in [0.2, 0.25) is 0 Å². The summed E-state index contributed by atoms with van der Waals surface area (Å²) in [6.45, 7) is 4.33. The Hall–Kier alpha value is -5.74. The van der Waals surface area contributed by atoms with E-state index >= 15 is 4.79 Å². The van der Waals surface area contributed by atoms with Gasteiger partial charge in [-0.1, -0.05) is 96.1 Å². The van der Waals surface area contributed by atoms with Crippen molar-refractivity contribution in [2.75, 3.05) is 25.6 Å². The fraction of sp³-hybridized carbons (Fsp3) is 0.348. The van der Waals surface area contributed by atoms with Gasteiger partial charge in [0.05, 0.1) is 36.0 Å². The van der Waals surface area contributed by atoms with E-state index in [1.54, 1.807) is 23.1 Å². The maximum Gasteiger partial charge on any atom is 0.260 e. The van der Waals surface area contributed by atoms with Gasteiger partial charge in [0.1, 0.15) is 11.5 Å². The zero-order valence-corrected chi connectivity index (χ0v) is 31.6. The van der Waals surface area contributed by atoms with Crippen molar-refractivity contribution in [2.45, 2.75) is 56.5 Å². The number of nitrogens with one attached hydrogen (secondary N) is 1. The molecule has 4 amide bonds. The summed E-state index contributed by atoms with van der Waals surface area (Å²) >= 11 is 0. The minimum atomic E-state index is -1.51. The van der Waals surface area contributed by atoms with Crippen LogP contribution in [0, 0.1) is 30.6 Å². The summed E-state index contributed by atoms with van der Waals surface area (Å²) in [5, 5.41) is 12.9. The first-order valence-electron chi connectivity index (χ1n) is 19.7. The molecule has 0 spiro atoms. The number of carbonyl (C=O) groups is 4. The monoisotopic (exact) mass is 750 g/mol. The standard InChI is InChI=1S/C46H46N4O6/c1-28-16-18-31(19-17-28)47-50-43(53)36-26-35-33(41(40-37(51)14-9-15-38(40)56-2)46(36,45(50)55)30-12-7-4-8-13-30)20-21-34-39(35)44(54)49(42(34)52)32-22-24-48(25-23-32)27-29-10-5-3-6-11-29/h3-20,32,34-36,39,41,47,51H,21-27H2,1-2H3. The van der Waals surface area contributed by atoms with E-state index in [2.05, 4.69) is 22.5 Å². The van der Waals surface area contributed by atoms with Gasteiger partial charge in [0, 0.05) is 37.2 Å². The van der Waals surface area contributed by atoms with E-state index in [-0.39, 0.29) is 30.0 Å². The lowest BCUT2D eigenvalue weighted by Crippen LogP contribution is -2.53. The molecule has 6 unspecified atom stereocenters. The van der Waals surface area contributed by atoms with Crippen LogP contribution in [0.15, 0.2) is 115 Å². The lowest BCUT2D eigenvalue weighted by Gasteiger charge is -2.50. The lowest BCUT2D eigenvalue weighted by atomic mass is 9.49. The number of allylic oxidation sites excluding steroid dienone is 2. The van der Waals surface area contributed by atoms with E-state index in [1.165, 1.54) is 12.7 Å². The third-order valence-corrected chi connectivity index (χ3v) is 13.2. The third kappa shape index (κ3) is 5.56. The molecule has 5 aliphatic rings. The number of piperidine rings is 1. The number of aryl methyl sites for hydroxylation is 1. The van der Waals surface area contributed by atoms with E-state index < -0.39 is 46.8 Å². The molecular weight excluding hydrogens is 705 g/mol. The Morgan fingerprint density at radius 2 is 1.50 bits per heavy atom. The van der Waals surface area contributed by atoms with Gasteiger partial charge >= 0.3 is 0 Å². The second-order valence-corrected chi connectivity index (χ2v) is 16.0. The average molecular weight is 751 g/mol. The Labute approximate surface area is 326 Å². The second-order valence-electron chi connectivity index (χ2n) is 16.0. The molecule has 0 bridgehead atoms. The number of aromatic hydroxyl groups is 1. The van der Waals surface area contributed by atoms with Crippen LogP contribution in [-0.4, -0.2) is 69.8 Å². The number of hydrogen-bond donors (Lipinski definition) is 2. The predicted octanol–water partition coefficient (Wildman–Crippen LogP) is 6.36. The number of amides is 4. The first-order chi connectivity index (χ1) is 27.2. The number of phenols is 1. The first kappa shape index (κ1) is 35.9. The number of hydrazine groups is 1. The molecule has 3 heterocycles. The van der Waals surface area contributed by atoms with Crippen LogP contribution in [0.5, 0.6) is 11.5 Å². The summed E-state index contributed by atoms with van der Waals surface area (Å²) in [6.07, 6.45) is 3.92. The maximum absolute atomic E-state index is 15.4. The van der Waals surface area contributed by atoms with Crippen molar-refractivity contribution in [1.82, 2.24) is 14.8 Å². The molecule has 2 aliphatic carbocycles. The number of phenolic OH excluding ortho intramolecular Hbond substituents is 1. The number of anilines is 1. The third-order valence-electron chi connectivity index (χ3n) is 13.2. The normalized spacial score (nSPS) is 27.8. The van der Waals surface area contributed by atoms with Crippen molar-refractivity contribution in [3.63, 3.8) is 0 Å². The summed E-state index contributed by atoms with van der Waals surface area (Å²) in [7, 11) is 1.52. The van der Waals surface area contributed by atoms with Crippen molar-refractivity contribution in [2.24, 2.45) is 23.7 Å². The van der Waals surface area contributed by atoms with E-state index in [1.807, 2.05) is 85.8 Å². The van der Waals surface area contributed by atoms with Crippen LogP contribution >= 0.6 is 0 Å². The van der Waals surface area contributed by atoms with E-state index in [0.29, 0.717) is 41.8 Å². The van der Waals surface area contributed by atoms with Gasteiger partial charge in [-0.15, -0.1) is 0 Å². The molecule has 2 N–H and O–H groups in total. The molecule has 6 atom stereocenters. The highest BCUT2D eigenvalue weighted by molar-refractivity contribution is 6.13. The molecule has 1 saturated carbocycles. The Morgan fingerprint density at radius 1 is 0.804 bits per heavy atom. The van der Waals surface area contributed by atoms with Gasteiger partial charge in [0.2, 0.25) is 11.8 Å². The molecule has 286 valence electrons. The number of likely N-dealkylation sites (tertiary alicyclic amines) is 2. The zero-order chi connectivity index (χ0) is 38.7. The topological polar surface area (TPSA) is 119 Å². The predicted molar refractivity (Wildman–Crippen MR) is 210 cm³/mol. The minimum absolute atomic E-state index is 0.0741. The van der Waals surface area contributed by atoms with Gasteiger partial charge in [-0.3, -0.25) is 34.4 Å². The van der Waals surface area contributed by atoms with Crippen LogP contribution in [-0.2, 0) is 31.1 Å². The average Bonchev–Trinajstić information content (AvgIpc) is 3.60. The van der Waals surface area contributed by atoms with E-state index in [4.69, 9.17) is 4.74 Å². The number of methoxy groups -OCH3 is 1. The van der Waals surface area contributed by atoms with Crippen LogP contribution in [0.25, 0.3) is 0 Å². The Balaban J connectivity index is 1.12. The number of ether oxygens (including phenoxy) is 1. The van der Waals surface area contributed by atoms with Gasteiger partial charge in [-0.05, 0) is 73.9 Å². The minimum Gasteiger partial charge on any atom is -0.508 e. The van der Waals surface area contributed by atoms with Crippen LogP contribution in [0.4, 0.5) is 5.69 Å². The summed E-state index contributed by atoms with van der Waals surface area (Å²) in [6, 6.07) is 31.9. The molecule has 3 aliphatic heterocycles.